The van der Waals surface area contributed by atoms with E-state index in [-0.39, 0.29) is 6.61 Å². The van der Waals surface area contributed by atoms with Gasteiger partial charge in [0.2, 0.25) is 0 Å². The molecule has 1 aliphatic heterocycles. The molecule has 20 heavy (non-hydrogen) atoms. The van der Waals surface area contributed by atoms with Crippen LogP contribution >= 0.6 is 22.9 Å². The van der Waals surface area contributed by atoms with Crippen LogP contribution in [0.3, 0.4) is 0 Å². The molecule has 1 N–H and O–H groups in total. The summed E-state index contributed by atoms with van der Waals surface area (Å²) in [4.78, 5) is 6.02. The fourth-order valence-electron chi connectivity index (χ4n) is 2.68. The van der Waals surface area contributed by atoms with Crippen molar-refractivity contribution in [1.29, 1.82) is 0 Å². The molecular formula is C15H19ClN2OS. The fourth-order valence-corrected chi connectivity index (χ4v) is 4.22. The highest BCUT2D eigenvalue weighted by molar-refractivity contribution is 7.19. The second-order valence-electron chi connectivity index (χ2n) is 5.18. The second-order valence-corrected chi connectivity index (χ2v) is 6.69. The van der Waals surface area contributed by atoms with E-state index >= 15 is 0 Å². The standard InChI is InChI=1S/C15H19ClN2OS/c16-15-12-3-1-2-4-13(12)20-14(15)11-18-7-5-17(6-8-18)9-10-19/h1-4,19H,5-11H2. The first-order chi connectivity index (χ1) is 9.78. The first-order valence-corrected chi connectivity index (χ1v) is 8.19. The highest BCUT2D eigenvalue weighted by atomic mass is 35.5. The topological polar surface area (TPSA) is 26.7 Å². The molecule has 5 heteroatoms. The number of β-amino-alcohol motifs (C(OH)–C–C–N with tert-alkyl or cyclic N) is 1. The minimum absolute atomic E-state index is 0.252. The molecule has 0 radical (unpaired) electrons. The Labute approximate surface area is 128 Å². The molecule has 108 valence electrons. The summed E-state index contributed by atoms with van der Waals surface area (Å²) < 4.78 is 1.27. The van der Waals surface area contributed by atoms with Crippen molar-refractivity contribution < 1.29 is 5.11 Å². The maximum atomic E-state index is 8.97. The predicted molar refractivity (Wildman–Crippen MR) is 85.6 cm³/mol. The van der Waals surface area contributed by atoms with Gasteiger partial charge in [0.25, 0.3) is 0 Å². The molecule has 0 atom stereocenters. The molecule has 2 aromatic rings. The lowest BCUT2D eigenvalue weighted by atomic mass is 10.2. The van der Waals surface area contributed by atoms with Crippen LogP contribution in [0.5, 0.6) is 0 Å². The van der Waals surface area contributed by atoms with Gasteiger partial charge in [0.15, 0.2) is 0 Å². The number of piperazine rings is 1. The van der Waals surface area contributed by atoms with Crippen molar-refractivity contribution >= 4 is 33.0 Å². The van der Waals surface area contributed by atoms with Gasteiger partial charge in [-0.05, 0) is 6.07 Å². The van der Waals surface area contributed by atoms with E-state index < -0.39 is 0 Å². The van der Waals surface area contributed by atoms with Crippen molar-refractivity contribution in [3.63, 3.8) is 0 Å². The smallest absolute Gasteiger partial charge is 0.0637 e. The quantitative estimate of drug-likeness (QED) is 0.940. The molecule has 0 spiro atoms. The molecule has 0 amide bonds. The van der Waals surface area contributed by atoms with Gasteiger partial charge in [-0.25, -0.2) is 0 Å². The van der Waals surface area contributed by atoms with E-state index in [4.69, 9.17) is 16.7 Å². The minimum Gasteiger partial charge on any atom is -0.395 e. The summed E-state index contributed by atoms with van der Waals surface area (Å²) in [5, 5.41) is 11.1. The Hall–Kier alpha value is -0.650. The number of benzene rings is 1. The van der Waals surface area contributed by atoms with Crippen molar-refractivity contribution in [1.82, 2.24) is 9.80 Å². The summed E-state index contributed by atoms with van der Waals surface area (Å²) in [6.45, 7) is 6.13. The van der Waals surface area contributed by atoms with Crippen LogP contribution < -0.4 is 0 Å². The van der Waals surface area contributed by atoms with Crippen LogP contribution in [0.2, 0.25) is 5.02 Å². The zero-order chi connectivity index (χ0) is 13.9. The van der Waals surface area contributed by atoms with E-state index in [1.165, 1.54) is 15.0 Å². The SMILES string of the molecule is OCCN1CCN(Cc2sc3ccccc3c2Cl)CC1. The fraction of sp³-hybridized carbons (Fsp3) is 0.467. The molecule has 1 aliphatic rings. The number of rotatable bonds is 4. The third-order valence-corrected chi connectivity index (χ3v) is 5.55. The molecular weight excluding hydrogens is 292 g/mol. The number of fused-ring (bicyclic) bond motifs is 1. The van der Waals surface area contributed by atoms with E-state index in [9.17, 15) is 0 Å². The minimum atomic E-state index is 0.252. The summed E-state index contributed by atoms with van der Waals surface area (Å²) in [6, 6.07) is 8.33. The van der Waals surface area contributed by atoms with Crippen LogP contribution in [0.25, 0.3) is 10.1 Å². The van der Waals surface area contributed by atoms with Gasteiger partial charge in [-0.3, -0.25) is 9.80 Å². The zero-order valence-electron chi connectivity index (χ0n) is 11.4. The molecule has 0 bridgehead atoms. The normalized spacial score (nSPS) is 17.9. The Morgan fingerprint density at radius 2 is 1.80 bits per heavy atom. The second kappa shape index (κ2) is 6.41. The number of thiophene rings is 1. The number of aliphatic hydroxyl groups is 1. The Morgan fingerprint density at radius 1 is 1.10 bits per heavy atom. The molecule has 0 unspecified atom stereocenters. The van der Waals surface area contributed by atoms with Crippen LogP contribution in [0.4, 0.5) is 0 Å². The van der Waals surface area contributed by atoms with Crippen molar-refractivity contribution in [2.75, 3.05) is 39.3 Å². The Kier molecular flexibility index (Phi) is 4.58. The van der Waals surface area contributed by atoms with E-state index in [1.54, 1.807) is 11.3 Å². The van der Waals surface area contributed by atoms with Gasteiger partial charge >= 0.3 is 0 Å². The molecule has 1 fully saturated rings. The van der Waals surface area contributed by atoms with Crippen molar-refractivity contribution in [3.05, 3.63) is 34.2 Å². The molecule has 1 aromatic heterocycles. The van der Waals surface area contributed by atoms with E-state index in [2.05, 4.69) is 28.0 Å². The van der Waals surface area contributed by atoms with E-state index in [0.29, 0.717) is 0 Å². The highest BCUT2D eigenvalue weighted by Gasteiger charge is 2.19. The summed E-state index contributed by atoms with van der Waals surface area (Å²) in [5.41, 5.74) is 0. The maximum Gasteiger partial charge on any atom is 0.0637 e. The molecule has 3 nitrogen and oxygen atoms in total. The average molecular weight is 311 g/mol. The van der Waals surface area contributed by atoms with Gasteiger partial charge in [0, 0.05) is 54.2 Å². The molecule has 3 rings (SSSR count). The van der Waals surface area contributed by atoms with Crippen LogP contribution in [0.1, 0.15) is 4.88 Å². The average Bonchev–Trinajstić information content (AvgIpc) is 2.79. The molecule has 2 heterocycles. The van der Waals surface area contributed by atoms with Gasteiger partial charge in [0.05, 0.1) is 11.6 Å². The van der Waals surface area contributed by atoms with E-state index in [0.717, 1.165) is 44.3 Å². The molecule has 0 aliphatic carbocycles. The predicted octanol–water partition coefficient (Wildman–Crippen LogP) is 2.66. The van der Waals surface area contributed by atoms with Crippen LogP contribution in [-0.2, 0) is 6.54 Å². The number of halogens is 1. The number of hydrogen-bond acceptors (Lipinski definition) is 4. The van der Waals surface area contributed by atoms with E-state index in [1.807, 2.05) is 6.07 Å². The molecule has 1 aromatic carbocycles. The van der Waals surface area contributed by atoms with Gasteiger partial charge in [-0.1, -0.05) is 29.8 Å². The van der Waals surface area contributed by atoms with Crippen LogP contribution in [-0.4, -0.2) is 54.2 Å². The number of aliphatic hydroxyl groups excluding tert-OH is 1. The molecule has 1 saturated heterocycles. The summed E-state index contributed by atoms with van der Waals surface area (Å²) in [5.74, 6) is 0. The van der Waals surface area contributed by atoms with Crippen LogP contribution in [0.15, 0.2) is 24.3 Å². The summed E-state index contributed by atoms with van der Waals surface area (Å²) in [7, 11) is 0. The van der Waals surface area contributed by atoms with Gasteiger partial charge in [0.1, 0.15) is 0 Å². The van der Waals surface area contributed by atoms with Gasteiger partial charge in [-0.15, -0.1) is 11.3 Å². The Morgan fingerprint density at radius 3 is 2.50 bits per heavy atom. The van der Waals surface area contributed by atoms with Crippen LogP contribution in [0, 0.1) is 0 Å². The monoisotopic (exact) mass is 310 g/mol. The summed E-state index contributed by atoms with van der Waals surface area (Å²) in [6.07, 6.45) is 0. The Bertz CT molecular complexity index is 578. The largest absolute Gasteiger partial charge is 0.395 e. The third kappa shape index (κ3) is 3.00. The first kappa shape index (κ1) is 14.3. The lowest BCUT2D eigenvalue weighted by Crippen LogP contribution is -2.46. The van der Waals surface area contributed by atoms with Crippen molar-refractivity contribution in [2.45, 2.75) is 6.54 Å². The highest BCUT2D eigenvalue weighted by Crippen LogP contribution is 2.35. The lowest BCUT2D eigenvalue weighted by molar-refractivity contribution is 0.109. The van der Waals surface area contributed by atoms with Gasteiger partial charge < -0.3 is 5.11 Å². The third-order valence-electron chi connectivity index (χ3n) is 3.85. The zero-order valence-corrected chi connectivity index (χ0v) is 13.0. The Balaban J connectivity index is 1.67. The maximum absolute atomic E-state index is 8.97. The first-order valence-electron chi connectivity index (χ1n) is 6.99. The summed E-state index contributed by atoms with van der Waals surface area (Å²) >= 11 is 8.30. The van der Waals surface area contributed by atoms with Gasteiger partial charge in [-0.2, -0.15) is 0 Å². The van der Waals surface area contributed by atoms with Crippen molar-refractivity contribution in [2.24, 2.45) is 0 Å². The number of nitrogens with zero attached hydrogens (tertiary/aromatic N) is 2. The molecule has 0 saturated carbocycles. The number of hydrogen-bond donors (Lipinski definition) is 1. The lowest BCUT2D eigenvalue weighted by Gasteiger charge is -2.34. The van der Waals surface area contributed by atoms with Crippen molar-refractivity contribution in [3.8, 4) is 0 Å².